The number of carbonyl (C=O) groups is 3. The SMILES string of the molecule is CON=C(C(=O)N[C@@H]1C(=O)N2C(C(=O)O)=C(CSc3nc(C)cs3)CS[C@@H]12)c1csc(N)n1. The Kier molecular flexibility index (Phi) is 6.92. The second kappa shape index (κ2) is 9.70. The maximum Gasteiger partial charge on any atom is 0.352 e. The van der Waals surface area contributed by atoms with E-state index in [1.54, 1.807) is 5.38 Å². The Morgan fingerprint density at radius 3 is 2.79 bits per heavy atom. The molecule has 0 saturated carbocycles. The maximum atomic E-state index is 12.9. The number of thiazole rings is 2. The number of thioether (sulfide) groups is 2. The summed E-state index contributed by atoms with van der Waals surface area (Å²) in [7, 11) is 1.28. The lowest BCUT2D eigenvalue weighted by Crippen LogP contribution is -2.71. The molecule has 174 valence electrons. The third-order valence-corrected chi connectivity index (χ3v) is 8.91. The van der Waals surface area contributed by atoms with E-state index in [0.717, 1.165) is 21.4 Å². The largest absolute Gasteiger partial charge is 0.477 e. The predicted octanol–water partition coefficient (Wildman–Crippen LogP) is 1.37. The van der Waals surface area contributed by atoms with Crippen molar-refractivity contribution in [2.24, 2.45) is 5.16 Å². The maximum absolute atomic E-state index is 12.9. The number of carbonyl (C=O) groups excluding carboxylic acids is 2. The molecule has 2 aliphatic heterocycles. The summed E-state index contributed by atoms with van der Waals surface area (Å²) in [4.78, 5) is 52.0. The van der Waals surface area contributed by atoms with E-state index in [1.165, 1.54) is 46.9 Å². The van der Waals surface area contributed by atoms with Gasteiger partial charge in [0.15, 0.2) is 10.8 Å². The fourth-order valence-electron chi connectivity index (χ4n) is 3.24. The van der Waals surface area contributed by atoms with Crippen LogP contribution in [0.4, 0.5) is 5.13 Å². The smallest absolute Gasteiger partial charge is 0.352 e. The third kappa shape index (κ3) is 4.71. The predicted molar refractivity (Wildman–Crippen MR) is 127 cm³/mol. The molecule has 11 nitrogen and oxygen atoms in total. The minimum atomic E-state index is -1.18. The zero-order valence-corrected chi connectivity index (χ0v) is 20.6. The number of oxime groups is 1. The van der Waals surface area contributed by atoms with E-state index in [2.05, 4.69) is 20.4 Å². The van der Waals surface area contributed by atoms with Crippen LogP contribution in [0.3, 0.4) is 0 Å². The van der Waals surface area contributed by atoms with Crippen LogP contribution >= 0.6 is 46.2 Å². The molecule has 4 N–H and O–H groups in total. The van der Waals surface area contributed by atoms with Crippen LogP contribution in [0.1, 0.15) is 11.4 Å². The van der Waals surface area contributed by atoms with Gasteiger partial charge in [-0.05, 0) is 12.5 Å². The highest BCUT2D eigenvalue weighted by Gasteiger charge is 2.54. The van der Waals surface area contributed by atoms with E-state index < -0.39 is 29.2 Å². The van der Waals surface area contributed by atoms with Gasteiger partial charge in [-0.15, -0.1) is 34.4 Å². The number of hydrogen-bond acceptors (Lipinski definition) is 12. The standard InChI is InChI=1S/C18H18N6O5S4/c1-7-3-32-18(20-7)33-5-8-4-30-15-11(14(26)24(15)12(8)16(27)28)22-13(25)10(23-29-2)9-6-31-17(19)21-9/h3,6,11,15H,4-5H2,1-2H3,(H2,19,21)(H,22,25)(H,27,28)/t11-,15+/m1/s1. The van der Waals surface area contributed by atoms with Gasteiger partial charge in [-0.25, -0.2) is 14.8 Å². The Bertz CT molecular complexity index is 1170. The zero-order chi connectivity index (χ0) is 23.7. The zero-order valence-electron chi connectivity index (χ0n) is 17.3. The van der Waals surface area contributed by atoms with Crippen molar-refractivity contribution in [2.75, 3.05) is 24.3 Å². The first kappa shape index (κ1) is 23.5. The quantitative estimate of drug-likeness (QED) is 0.198. The molecule has 0 aliphatic carbocycles. The third-order valence-electron chi connectivity index (χ3n) is 4.67. The average Bonchev–Trinajstić information content (AvgIpc) is 3.40. The number of rotatable bonds is 8. The summed E-state index contributed by atoms with van der Waals surface area (Å²) in [5.41, 5.74) is 7.24. The molecule has 4 rings (SSSR count). The van der Waals surface area contributed by atoms with E-state index in [-0.39, 0.29) is 22.2 Å². The molecule has 2 aromatic heterocycles. The number of carboxylic acids is 1. The van der Waals surface area contributed by atoms with Crippen molar-refractivity contribution in [1.82, 2.24) is 20.2 Å². The molecule has 33 heavy (non-hydrogen) atoms. The number of carboxylic acid groups (broad SMARTS) is 1. The highest BCUT2D eigenvalue weighted by Crippen LogP contribution is 2.41. The summed E-state index contributed by atoms with van der Waals surface area (Å²) in [5.74, 6) is -1.52. The van der Waals surface area contributed by atoms with E-state index in [9.17, 15) is 19.5 Å². The molecule has 4 heterocycles. The number of amides is 2. The van der Waals surface area contributed by atoms with Crippen molar-refractivity contribution in [2.45, 2.75) is 22.7 Å². The van der Waals surface area contributed by atoms with E-state index in [1.807, 2.05) is 12.3 Å². The van der Waals surface area contributed by atoms with Gasteiger partial charge in [0, 0.05) is 28.0 Å². The molecule has 15 heteroatoms. The first-order valence-corrected chi connectivity index (χ1v) is 13.2. The van der Waals surface area contributed by atoms with Gasteiger partial charge in [0.1, 0.15) is 34.3 Å². The first-order valence-electron chi connectivity index (χ1n) is 9.38. The normalized spacial score (nSPS) is 20.4. The van der Waals surface area contributed by atoms with Crippen molar-refractivity contribution in [1.29, 1.82) is 0 Å². The van der Waals surface area contributed by atoms with Crippen molar-refractivity contribution in [3.8, 4) is 0 Å². The average molecular weight is 527 g/mol. The molecule has 0 spiro atoms. The Morgan fingerprint density at radius 2 is 2.18 bits per heavy atom. The summed E-state index contributed by atoms with van der Waals surface area (Å²) in [6.07, 6.45) is 0. The van der Waals surface area contributed by atoms with Crippen LogP contribution in [0.15, 0.2) is 31.5 Å². The Hall–Kier alpha value is -2.62. The number of aromatic nitrogens is 2. The number of β-lactam (4-membered cyclic amide) rings is 1. The Balaban J connectivity index is 1.49. The summed E-state index contributed by atoms with van der Waals surface area (Å²) in [5, 5.41) is 19.3. The van der Waals surface area contributed by atoms with E-state index in [4.69, 9.17) is 10.6 Å². The molecular weight excluding hydrogens is 509 g/mol. The molecule has 0 radical (unpaired) electrons. The molecule has 2 amide bonds. The fraction of sp³-hybridized carbons (Fsp3) is 0.333. The molecule has 0 bridgehead atoms. The summed E-state index contributed by atoms with van der Waals surface area (Å²) in [6.45, 7) is 1.89. The topological polar surface area (TPSA) is 160 Å². The second-order valence-corrected chi connectivity index (χ2v) is 10.9. The number of aryl methyl sites for hydroxylation is 1. The summed E-state index contributed by atoms with van der Waals surface area (Å²) in [6, 6.07) is -0.897. The number of hydrogen-bond donors (Lipinski definition) is 3. The van der Waals surface area contributed by atoms with Gasteiger partial charge in [-0.3, -0.25) is 14.5 Å². The second-order valence-electron chi connectivity index (χ2n) is 6.86. The van der Waals surface area contributed by atoms with Crippen molar-refractivity contribution < 1.29 is 24.3 Å². The lowest BCUT2D eigenvalue weighted by molar-refractivity contribution is -0.150. The van der Waals surface area contributed by atoms with Crippen LogP contribution in [0.5, 0.6) is 0 Å². The number of nitrogens with two attached hydrogens (primary N) is 1. The monoisotopic (exact) mass is 526 g/mol. The van der Waals surface area contributed by atoms with E-state index in [0.29, 0.717) is 17.1 Å². The van der Waals surface area contributed by atoms with Crippen LogP contribution in [-0.2, 0) is 19.2 Å². The van der Waals surface area contributed by atoms with Gasteiger partial charge in [-0.2, -0.15) is 0 Å². The number of fused-ring (bicyclic) bond motifs is 1. The van der Waals surface area contributed by atoms with Gasteiger partial charge in [0.05, 0.1) is 0 Å². The first-order chi connectivity index (χ1) is 15.8. The lowest BCUT2D eigenvalue weighted by atomic mass is 10.0. The molecule has 1 saturated heterocycles. The minimum Gasteiger partial charge on any atom is -0.477 e. The number of aliphatic carboxylic acids is 1. The van der Waals surface area contributed by atoms with E-state index >= 15 is 0 Å². The number of nitrogens with one attached hydrogen (secondary N) is 1. The van der Waals surface area contributed by atoms with Crippen molar-refractivity contribution in [3.63, 3.8) is 0 Å². The Labute approximate surface area is 204 Å². The van der Waals surface area contributed by atoms with Gasteiger partial charge >= 0.3 is 5.97 Å². The summed E-state index contributed by atoms with van der Waals surface area (Å²) < 4.78 is 0.838. The summed E-state index contributed by atoms with van der Waals surface area (Å²) >= 11 is 5.46. The molecule has 0 aromatic carbocycles. The number of nitrogens with zero attached hydrogens (tertiary/aromatic N) is 4. The number of nitrogen functional groups attached to an aromatic ring is 1. The van der Waals surface area contributed by atoms with Crippen LogP contribution < -0.4 is 11.1 Å². The molecule has 1 fully saturated rings. The minimum absolute atomic E-state index is 0.0342. The van der Waals surface area contributed by atoms with Crippen molar-refractivity contribution in [3.05, 3.63) is 33.4 Å². The molecule has 2 atom stereocenters. The van der Waals surface area contributed by atoms with Crippen LogP contribution in [0.2, 0.25) is 0 Å². The van der Waals surface area contributed by atoms with Gasteiger partial charge < -0.3 is 21.0 Å². The molecule has 2 aliphatic rings. The highest BCUT2D eigenvalue weighted by atomic mass is 32.2. The Morgan fingerprint density at radius 1 is 1.39 bits per heavy atom. The fourth-order valence-corrected chi connectivity index (χ4v) is 7.13. The highest BCUT2D eigenvalue weighted by molar-refractivity contribution is 8.01. The molecular formula is C18H18N6O5S4. The lowest BCUT2D eigenvalue weighted by Gasteiger charge is -2.49. The van der Waals surface area contributed by atoms with Gasteiger partial charge in [-0.1, -0.05) is 16.9 Å². The van der Waals surface area contributed by atoms with Crippen molar-refractivity contribution >= 4 is 74.8 Å². The molecule has 0 unspecified atom stereocenters. The molecule has 2 aromatic rings. The van der Waals surface area contributed by atoms with Gasteiger partial charge in [0.2, 0.25) is 0 Å². The van der Waals surface area contributed by atoms with Crippen LogP contribution in [-0.4, -0.2) is 73.5 Å². The van der Waals surface area contributed by atoms with Crippen LogP contribution in [0, 0.1) is 6.92 Å². The van der Waals surface area contributed by atoms with Crippen LogP contribution in [0.25, 0.3) is 0 Å². The van der Waals surface area contributed by atoms with Gasteiger partial charge in [0.25, 0.3) is 11.8 Å². The number of anilines is 1.